The molecule has 2 fully saturated rings. The zero-order chi connectivity index (χ0) is 16.8. The van der Waals surface area contributed by atoms with Gasteiger partial charge in [0, 0.05) is 30.7 Å². The number of hydrogen-bond donors (Lipinski definition) is 1. The average Bonchev–Trinajstić information content (AvgIpc) is 2.64. The minimum Gasteiger partial charge on any atom is -0.381 e. The van der Waals surface area contributed by atoms with Crippen LogP contribution in [0.5, 0.6) is 0 Å². The maximum Gasteiger partial charge on any atom is 0.228 e. The normalized spacial score (nSPS) is 23.1. The molecule has 1 atom stereocenters. The topological polar surface area (TPSA) is 41.6 Å². The molecule has 2 aliphatic heterocycles. The predicted molar refractivity (Wildman–Crippen MR) is 99.6 cm³/mol. The summed E-state index contributed by atoms with van der Waals surface area (Å²) in [5.74, 6) is 1.28. The lowest BCUT2D eigenvalue weighted by Crippen LogP contribution is -2.47. The fourth-order valence-corrected chi connectivity index (χ4v) is 4.45. The summed E-state index contributed by atoms with van der Waals surface area (Å²) < 4.78 is 5.47. The lowest BCUT2D eigenvalue weighted by Gasteiger charge is -2.39. The summed E-state index contributed by atoms with van der Waals surface area (Å²) in [4.78, 5) is 16.5. The van der Waals surface area contributed by atoms with Gasteiger partial charge < -0.3 is 10.1 Å². The van der Waals surface area contributed by atoms with Crippen LogP contribution in [-0.2, 0) is 9.53 Å². The number of carbonyl (C=O) groups is 1. The van der Waals surface area contributed by atoms with Crippen LogP contribution in [0, 0.1) is 5.92 Å². The molecule has 4 nitrogen and oxygen atoms in total. The van der Waals surface area contributed by atoms with Crippen molar-refractivity contribution in [3.05, 3.63) is 24.3 Å². The van der Waals surface area contributed by atoms with E-state index in [9.17, 15) is 4.79 Å². The zero-order valence-electron chi connectivity index (χ0n) is 14.5. The highest BCUT2D eigenvalue weighted by Gasteiger charge is 2.30. The molecule has 1 amide bonds. The van der Waals surface area contributed by atoms with Crippen LogP contribution in [0.3, 0.4) is 0 Å². The van der Waals surface area contributed by atoms with Crippen LogP contribution in [-0.4, -0.2) is 48.9 Å². The minimum atomic E-state index is 0.0984. The highest BCUT2D eigenvalue weighted by molar-refractivity contribution is 7.99. The van der Waals surface area contributed by atoms with Gasteiger partial charge in [-0.15, -0.1) is 11.8 Å². The Kier molecular flexibility index (Phi) is 6.58. The van der Waals surface area contributed by atoms with Gasteiger partial charge in [0.15, 0.2) is 0 Å². The van der Waals surface area contributed by atoms with Crippen molar-refractivity contribution in [3.8, 4) is 0 Å². The summed E-state index contributed by atoms with van der Waals surface area (Å²) in [6, 6.07) is 8.71. The van der Waals surface area contributed by atoms with Crippen LogP contribution in [0.1, 0.15) is 32.6 Å². The number of piperidine rings is 1. The summed E-state index contributed by atoms with van der Waals surface area (Å²) in [6.45, 7) is 5.87. The molecule has 5 heteroatoms. The van der Waals surface area contributed by atoms with Crippen molar-refractivity contribution in [2.75, 3.05) is 37.4 Å². The Morgan fingerprint density at radius 2 is 2.08 bits per heavy atom. The van der Waals surface area contributed by atoms with Crippen molar-refractivity contribution in [2.24, 2.45) is 5.92 Å². The minimum absolute atomic E-state index is 0.0984. The summed E-state index contributed by atoms with van der Waals surface area (Å²) in [7, 11) is 0. The third-order valence-corrected chi connectivity index (χ3v) is 5.93. The van der Waals surface area contributed by atoms with E-state index in [2.05, 4.69) is 23.2 Å². The Labute approximate surface area is 149 Å². The Morgan fingerprint density at radius 3 is 2.88 bits per heavy atom. The molecule has 0 aliphatic carbocycles. The van der Waals surface area contributed by atoms with Gasteiger partial charge in [-0.05, 0) is 50.1 Å². The fraction of sp³-hybridized carbons (Fsp3) is 0.632. The van der Waals surface area contributed by atoms with Gasteiger partial charge in [0.25, 0.3) is 0 Å². The quantitative estimate of drug-likeness (QED) is 0.825. The number of amides is 1. The fourth-order valence-electron chi connectivity index (χ4n) is 3.69. The Morgan fingerprint density at radius 1 is 1.29 bits per heavy atom. The van der Waals surface area contributed by atoms with Crippen LogP contribution < -0.4 is 5.32 Å². The molecule has 3 rings (SSSR count). The molecule has 0 spiro atoms. The van der Waals surface area contributed by atoms with E-state index >= 15 is 0 Å². The number of thioether (sulfide) groups is 1. The van der Waals surface area contributed by atoms with E-state index in [0.717, 1.165) is 68.3 Å². The highest BCUT2D eigenvalue weighted by atomic mass is 32.2. The van der Waals surface area contributed by atoms with Gasteiger partial charge in [0.2, 0.25) is 5.91 Å². The smallest absolute Gasteiger partial charge is 0.228 e. The number of rotatable bonds is 5. The molecular formula is C19H28N2O2S. The third-order valence-electron chi connectivity index (χ3n) is 4.98. The first-order valence-electron chi connectivity index (χ1n) is 9.12. The third kappa shape index (κ3) is 4.52. The van der Waals surface area contributed by atoms with Gasteiger partial charge in [-0.3, -0.25) is 9.69 Å². The van der Waals surface area contributed by atoms with Crippen molar-refractivity contribution in [3.63, 3.8) is 0 Å². The van der Waals surface area contributed by atoms with Gasteiger partial charge in [0.05, 0.1) is 11.6 Å². The van der Waals surface area contributed by atoms with E-state index in [0.29, 0.717) is 6.04 Å². The Balaban J connectivity index is 1.60. The molecule has 1 aromatic carbocycles. The number of benzene rings is 1. The van der Waals surface area contributed by atoms with Crippen molar-refractivity contribution in [2.45, 2.75) is 43.5 Å². The van der Waals surface area contributed by atoms with Crippen molar-refractivity contribution in [1.82, 2.24) is 4.90 Å². The van der Waals surface area contributed by atoms with E-state index in [1.54, 1.807) is 11.8 Å². The molecule has 2 aliphatic rings. The number of likely N-dealkylation sites (tertiary alicyclic amines) is 1. The van der Waals surface area contributed by atoms with Crippen LogP contribution in [0.15, 0.2) is 29.2 Å². The first-order chi connectivity index (χ1) is 11.8. The first-order valence-corrected chi connectivity index (χ1v) is 10.1. The van der Waals surface area contributed by atoms with Gasteiger partial charge >= 0.3 is 0 Å². The molecule has 132 valence electrons. The molecule has 0 aromatic heterocycles. The Hall–Kier alpha value is -1.04. The number of para-hydroxylation sites is 1. The lowest BCUT2D eigenvalue weighted by atomic mass is 9.94. The van der Waals surface area contributed by atoms with Crippen LogP contribution in [0.4, 0.5) is 5.69 Å². The number of carbonyl (C=O) groups excluding carboxylic acids is 1. The molecule has 24 heavy (non-hydrogen) atoms. The molecule has 1 N–H and O–H groups in total. The van der Waals surface area contributed by atoms with E-state index in [1.165, 1.54) is 0 Å². The second kappa shape index (κ2) is 8.88. The number of anilines is 1. The summed E-state index contributed by atoms with van der Waals surface area (Å²) >= 11 is 1.77. The van der Waals surface area contributed by atoms with Crippen LogP contribution in [0.2, 0.25) is 0 Å². The number of ether oxygens (including phenoxy) is 1. The summed E-state index contributed by atoms with van der Waals surface area (Å²) in [5.41, 5.74) is 0.956. The number of nitrogens with zero attached hydrogens (tertiary/aromatic N) is 1. The van der Waals surface area contributed by atoms with Gasteiger partial charge in [-0.1, -0.05) is 19.1 Å². The maximum absolute atomic E-state index is 12.8. The van der Waals surface area contributed by atoms with Crippen LogP contribution in [0.25, 0.3) is 0 Å². The average molecular weight is 349 g/mol. The standard InChI is InChI=1S/C19H28N2O2S/c1-2-24-18-8-4-3-7-17(18)20-19(22)15-6-5-11-21(14-15)16-9-12-23-13-10-16/h3-4,7-8,15-16H,2,5-6,9-14H2,1H3,(H,20,22). The molecule has 1 aromatic rings. The summed E-state index contributed by atoms with van der Waals surface area (Å²) in [5, 5.41) is 3.18. The molecular weight excluding hydrogens is 320 g/mol. The molecule has 0 bridgehead atoms. The van der Waals surface area contributed by atoms with Crippen molar-refractivity contribution < 1.29 is 9.53 Å². The number of hydrogen-bond acceptors (Lipinski definition) is 4. The molecule has 1 unspecified atom stereocenters. The van der Waals surface area contributed by atoms with Gasteiger partial charge in [-0.25, -0.2) is 0 Å². The summed E-state index contributed by atoms with van der Waals surface area (Å²) in [6.07, 6.45) is 4.31. The predicted octanol–water partition coefficient (Wildman–Crippen LogP) is 3.63. The maximum atomic E-state index is 12.8. The van der Waals surface area contributed by atoms with Crippen molar-refractivity contribution in [1.29, 1.82) is 0 Å². The zero-order valence-corrected chi connectivity index (χ0v) is 15.3. The molecule has 0 radical (unpaired) electrons. The number of nitrogens with one attached hydrogen (secondary N) is 1. The largest absolute Gasteiger partial charge is 0.381 e. The Bertz CT molecular complexity index is 546. The second-order valence-corrected chi connectivity index (χ2v) is 7.90. The van der Waals surface area contributed by atoms with E-state index in [4.69, 9.17) is 4.74 Å². The monoisotopic (exact) mass is 348 g/mol. The highest BCUT2D eigenvalue weighted by Crippen LogP contribution is 2.28. The van der Waals surface area contributed by atoms with E-state index in [-0.39, 0.29) is 11.8 Å². The van der Waals surface area contributed by atoms with E-state index < -0.39 is 0 Å². The lowest BCUT2D eigenvalue weighted by molar-refractivity contribution is -0.122. The molecule has 0 saturated carbocycles. The molecule has 2 heterocycles. The molecule has 2 saturated heterocycles. The van der Waals surface area contributed by atoms with Crippen molar-refractivity contribution >= 4 is 23.4 Å². The van der Waals surface area contributed by atoms with Gasteiger partial charge in [-0.2, -0.15) is 0 Å². The second-order valence-electron chi connectivity index (χ2n) is 6.60. The van der Waals surface area contributed by atoms with E-state index in [1.807, 2.05) is 18.2 Å². The van der Waals surface area contributed by atoms with Gasteiger partial charge in [0.1, 0.15) is 0 Å². The SMILES string of the molecule is CCSc1ccccc1NC(=O)C1CCCN(C2CCOCC2)C1. The first kappa shape index (κ1) is 17.8. The van der Waals surface area contributed by atoms with Crippen LogP contribution >= 0.6 is 11.8 Å².